The van der Waals surface area contributed by atoms with Crippen LogP contribution in [0.3, 0.4) is 0 Å². The van der Waals surface area contributed by atoms with Crippen molar-refractivity contribution < 1.29 is 4.79 Å². The lowest BCUT2D eigenvalue weighted by atomic mass is 10.1. The molecule has 1 aliphatic rings. The third-order valence-corrected chi connectivity index (χ3v) is 3.69. The van der Waals surface area contributed by atoms with Crippen LogP contribution >= 0.6 is 15.9 Å². The summed E-state index contributed by atoms with van der Waals surface area (Å²) >= 11 is 3.39. The summed E-state index contributed by atoms with van der Waals surface area (Å²) in [4.78, 5) is 15.0. The number of carbonyl (C=O) groups is 1. The van der Waals surface area contributed by atoms with E-state index in [0.717, 1.165) is 36.1 Å². The number of piperidine rings is 1. The first-order chi connectivity index (χ1) is 7.66. The molecule has 0 radical (unpaired) electrons. The fourth-order valence-electron chi connectivity index (χ4n) is 1.88. The van der Waals surface area contributed by atoms with Gasteiger partial charge >= 0.3 is 0 Å². The Hall–Kier alpha value is -0.810. The van der Waals surface area contributed by atoms with Crippen LogP contribution in [0.5, 0.6) is 0 Å². The van der Waals surface area contributed by atoms with Gasteiger partial charge in [0.05, 0.1) is 0 Å². The van der Waals surface area contributed by atoms with Crippen LogP contribution in [0, 0.1) is 6.92 Å². The highest BCUT2D eigenvalue weighted by atomic mass is 79.9. The van der Waals surface area contributed by atoms with Gasteiger partial charge in [-0.1, -0.05) is 0 Å². The Balaban J connectivity index is 1.96. The molecule has 3 N–H and O–H groups in total. The van der Waals surface area contributed by atoms with Gasteiger partial charge in [0.15, 0.2) is 0 Å². The number of hydrogen-bond acceptors (Lipinski definition) is 2. The first kappa shape index (κ1) is 11.7. The summed E-state index contributed by atoms with van der Waals surface area (Å²) in [5, 5.41) is 6.32. The normalized spacial score (nSPS) is 17.4. The van der Waals surface area contributed by atoms with Crippen molar-refractivity contribution in [2.75, 3.05) is 13.1 Å². The maximum absolute atomic E-state index is 11.9. The van der Waals surface area contributed by atoms with Crippen molar-refractivity contribution in [1.29, 1.82) is 0 Å². The molecule has 0 saturated carbocycles. The zero-order valence-electron chi connectivity index (χ0n) is 9.27. The van der Waals surface area contributed by atoms with Gasteiger partial charge in [-0.05, 0) is 54.9 Å². The van der Waals surface area contributed by atoms with Crippen molar-refractivity contribution in [3.63, 3.8) is 0 Å². The number of halogens is 1. The maximum Gasteiger partial charge on any atom is 0.267 e. The van der Waals surface area contributed by atoms with Gasteiger partial charge in [-0.15, -0.1) is 0 Å². The van der Waals surface area contributed by atoms with E-state index in [1.807, 2.05) is 13.0 Å². The van der Waals surface area contributed by atoms with E-state index >= 15 is 0 Å². The number of nitrogens with one attached hydrogen (secondary N) is 3. The Bertz CT molecular complexity index is 363. The molecule has 0 atom stereocenters. The quantitative estimate of drug-likeness (QED) is 0.773. The molecule has 1 amide bonds. The average Bonchev–Trinajstić information content (AvgIpc) is 2.61. The van der Waals surface area contributed by atoms with Crippen LogP contribution in [0.25, 0.3) is 0 Å². The summed E-state index contributed by atoms with van der Waals surface area (Å²) in [6.07, 6.45) is 2.01. The molecule has 0 aliphatic carbocycles. The smallest absolute Gasteiger partial charge is 0.267 e. The highest BCUT2D eigenvalue weighted by molar-refractivity contribution is 9.10. The molecular formula is C11H16BrN3O. The second-order valence-corrected chi connectivity index (χ2v) is 5.01. The van der Waals surface area contributed by atoms with Gasteiger partial charge in [0.25, 0.3) is 5.91 Å². The largest absolute Gasteiger partial charge is 0.354 e. The molecule has 1 aromatic rings. The average molecular weight is 286 g/mol. The van der Waals surface area contributed by atoms with Crippen molar-refractivity contribution in [2.24, 2.45) is 0 Å². The predicted octanol–water partition coefficient (Wildman–Crippen LogP) is 1.57. The zero-order chi connectivity index (χ0) is 11.5. The fraction of sp³-hybridized carbons (Fsp3) is 0.545. The minimum Gasteiger partial charge on any atom is -0.354 e. The van der Waals surface area contributed by atoms with Crippen molar-refractivity contribution in [1.82, 2.24) is 15.6 Å². The Morgan fingerprint density at radius 1 is 1.50 bits per heavy atom. The summed E-state index contributed by atoms with van der Waals surface area (Å²) in [5.74, 6) is -0.0132. The number of rotatable bonds is 2. The van der Waals surface area contributed by atoms with E-state index in [0.29, 0.717) is 11.7 Å². The molecule has 0 bridgehead atoms. The molecule has 4 nitrogen and oxygen atoms in total. The van der Waals surface area contributed by atoms with Gasteiger partial charge in [0.2, 0.25) is 0 Å². The molecule has 2 heterocycles. The standard InChI is InChI=1S/C11H16BrN3O/c1-7-9(12)6-10(14-7)11(16)15-8-2-4-13-5-3-8/h6,8,13-14H,2-5H2,1H3,(H,15,16). The SMILES string of the molecule is Cc1[nH]c(C(=O)NC2CCNCC2)cc1Br. The molecule has 2 rings (SSSR count). The van der Waals surface area contributed by atoms with Crippen LogP contribution in [-0.4, -0.2) is 30.0 Å². The van der Waals surface area contributed by atoms with Gasteiger partial charge in [-0.3, -0.25) is 4.79 Å². The fourth-order valence-corrected chi connectivity index (χ4v) is 2.21. The molecule has 1 fully saturated rings. The maximum atomic E-state index is 11.9. The summed E-state index contributed by atoms with van der Waals surface area (Å²) in [5.41, 5.74) is 1.61. The number of amides is 1. The van der Waals surface area contributed by atoms with Crippen molar-refractivity contribution in [3.05, 3.63) is 21.9 Å². The molecule has 0 unspecified atom stereocenters. The van der Waals surface area contributed by atoms with Gasteiger partial charge in [-0.25, -0.2) is 0 Å². The lowest BCUT2D eigenvalue weighted by Gasteiger charge is -2.23. The van der Waals surface area contributed by atoms with Crippen LogP contribution in [0.2, 0.25) is 0 Å². The number of hydrogen-bond donors (Lipinski definition) is 3. The van der Waals surface area contributed by atoms with Crippen molar-refractivity contribution >= 4 is 21.8 Å². The topological polar surface area (TPSA) is 56.9 Å². The second-order valence-electron chi connectivity index (χ2n) is 4.15. The first-order valence-electron chi connectivity index (χ1n) is 5.53. The molecule has 0 aromatic carbocycles. The molecule has 1 aliphatic heterocycles. The Morgan fingerprint density at radius 2 is 2.19 bits per heavy atom. The molecule has 5 heteroatoms. The van der Waals surface area contributed by atoms with Gasteiger partial charge < -0.3 is 15.6 Å². The lowest BCUT2D eigenvalue weighted by molar-refractivity contribution is 0.0925. The third kappa shape index (κ3) is 2.65. The molecular weight excluding hydrogens is 270 g/mol. The number of aryl methyl sites for hydroxylation is 1. The predicted molar refractivity (Wildman–Crippen MR) is 66.6 cm³/mol. The van der Waals surface area contributed by atoms with Gasteiger partial charge in [0.1, 0.15) is 5.69 Å². The molecule has 0 spiro atoms. The Morgan fingerprint density at radius 3 is 2.75 bits per heavy atom. The second kappa shape index (κ2) is 5.01. The van der Waals surface area contributed by atoms with Crippen LogP contribution in [-0.2, 0) is 0 Å². The van der Waals surface area contributed by atoms with E-state index in [-0.39, 0.29) is 5.91 Å². The van der Waals surface area contributed by atoms with E-state index in [1.54, 1.807) is 0 Å². The Kier molecular flexibility index (Phi) is 3.66. The Labute approximate surface area is 103 Å². The van der Waals surface area contributed by atoms with E-state index < -0.39 is 0 Å². The van der Waals surface area contributed by atoms with E-state index in [2.05, 4.69) is 31.5 Å². The number of carbonyl (C=O) groups excluding carboxylic acids is 1. The zero-order valence-corrected chi connectivity index (χ0v) is 10.9. The van der Waals surface area contributed by atoms with E-state index in [1.165, 1.54) is 0 Å². The number of aromatic nitrogens is 1. The minimum atomic E-state index is -0.0132. The van der Waals surface area contributed by atoms with Crippen LogP contribution in [0.15, 0.2) is 10.5 Å². The van der Waals surface area contributed by atoms with Crippen LogP contribution in [0.4, 0.5) is 0 Å². The van der Waals surface area contributed by atoms with Crippen molar-refractivity contribution in [3.8, 4) is 0 Å². The van der Waals surface area contributed by atoms with Gasteiger partial charge in [-0.2, -0.15) is 0 Å². The number of H-pyrrole nitrogens is 1. The van der Waals surface area contributed by atoms with Gasteiger partial charge in [0, 0.05) is 16.2 Å². The van der Waals surface area contributed by atoms with Crippen LogP contribution < -0.4 is 10.6 Å². The first-order valence-corrected chi connectivity index (χ1v) is 6.33. The highest BCUT2D eigenvalue weighted by Crippen LogP contribution is 2.17. The third-order valence-electron chi connectivity index (χ3n) is 2.87. The van der Waals surface area contributed by atoms with E-state index in [9.17, 15) is 4.79 Å². The minimum absolute atomic E-state index is 0.0132. The van der Waals surface area contributed by atoms with Crippen molar-refractivity contribution in [2.45, 2.75) is 25.8 Å². The molecule has 1 aromatic heterocycles. The van der Waals surface area contributed by atoms with Crippen LogP contribution in [0.1, 0.15) is 29.0 Å². The van der Waals surface area contributed by atoms with E-state index in [4.69, 9.17) is 0 Å². The lowest BCUT2D eigenvalue weighted by Crippen LogP contribution is -2.42. The highest BCUT2D eigenvalue weighted by Gasteiger charge is 2.17. The number of aromatic amines is 1. The summed E-state index contributed by atoms with van der Waals surface area (Å²) in [6.45, 7) is 3.90. The summed E-state index contributed by atoms with van der Waals surface area (Å²) in [6, 6.07) is 2.13. The summed E-state index contributed by atoms with van der Waals surface area (Å²) in [7, 11) is 0. The monoisotopic (exact) mass is 285 g/mol. The molecule has 88 valence electrons. The summed E-state index contributed by atoms with van der Waals surface area (Å²) < 4.78 is 0.947. The molecule has 1 saturated heterocycles. The molecule has 16 heavy (non-hydrogen) atoms.